The molecule has 3 rings (SSSR count). The van der Waals surface area contributed by atoms with Crippen LogP contribution in [0.5, 0.6) is 5.75 Å². The molecule has 1 aliphatic heterocycles. The molecular weight excluding hydrogens is 336 g/mol. The number of nitrogens with one attached hydrogen (secondary N) is 1. The Morgan fingerprint density at radius 1 is 1.20 bits per heavy atom. The highest BCUT2D eigenvalue weighted by Gasteiger charge is 2.37. The van der Waals surface area contributed by atoms with E-state index >= 15 is 0 Å². The van der Waals surface area contributed by atoms with Gasteiger partial charge in [-0.15, -0.1) is 0 Å². The smallest absolute Gasteiger partial charge is 0.119 e. The fraction of sp³-hybridized carbons (Fsp3) is 0.400. The summed E-state index contributed by atoms with van der Waals surface area (Å²) in [5, 5.41) is 14.9. The van der Waals surface area contributed by atoms with Gasteiger partial charge in [0, 0.05) is 36.8 Å². The van der Waals surface area contributed by atoms with Gasteiger partial charge in [0.15, 0.2) is 0 Å². The third kappa shape index (κ3) is 4.66. The maximum Gasteiger partial charge on any atom is 0.119 e. The number of halogens is 1. The van der Waals surface area contributed by atoms with Gasteiger partial charge in [-0.05, 0) is 43.3 Å². The van der Waals surface area contributed by atoms with Gasteiger partial charge in [0.1, 0.15) is 5.75 Å². The third-order valence-electron chi connectivity index (χ3n) is 4.76. The zero-order valence-corrected chi connectivity index (χ0v) is 15.2. The van der Waals surface area contributed by atoms with Crippen LogP contribution in [0.3, 0.4) is 0 Å². The standard InChI is InChI=1S/C20H25ClN2O2/c1-20(19(24)11-14-25-18-5-3-2-4-6-18)15-23(13-12-22-20)17-9-7-16(21)8-10-17/h2-10,19,22,24H,11-15H2,1H3/t19?,20-/m0/s1. The molecule has 0 aliphatic carbocycles. The second kappa shape index (κ2) is 8.09. The van der Waals surface area contributed by atoms with Crippen molar-refractivity contribution in [1.82, 2.24) is 5.32 Å². The highest BCUT2D eigenvalue weighted by molar-refractivity contribution is 6.30. The average molecular weight is 361 g/mol. The zero-order chi connectivity index (χ0) is 17.7. The number of benzene rings is 2. The van der Waals surface area contributed by atoms with Crippen LogP contribution in [-0.2, 0) is 0 Å². The number of hydrogen-bond donors (Lipinski definition) is 2. The van der Waals surface area contributed by atoms with Crippen molar-refractivity contribution in [3.8, 4) is 5.75 Å². The monoisotopic (exact) mass is 360 g/mol. The van der Waals surface area contributed by atoms with Crippen molar-refractivity contribution >= 4 is 17.3 Å². The molecule has 0 saturated carbocycles. The van der Waals surface area contributed by atoms with E-state index in [2.05, 4.69) is 17.1 Å². The quantitative estimate of drug-likeness (QED) is 0.829. The first-order chi connectivity index (χ1) is 12.1. The van der Waals surface area contributed by atoms with Gasteiger partial charge in [-0.25, -0.2) is 0 Å². The SMILES string of the molecule is C[C@@]1(C(O)CCOc2ccccc2)CN(c2ccc(Cl)cc2)CCN1. The van der Waals surface area contributed by atoms with Crippen LogP contribution in [0.25, 0.3) is 0 Å². The van der Waals surface area contributed by atoms with Gasteiger partial charge in [0.05, 0.1) is 18.2 Å². The molecule has 2 aromatic carbocycles. The molecule has 1 saturated heterocycles. The van der Waals surface area contributed by atoms with Crippen LogP contribution in [0.1, 0.15) is 13.3 Å². The Labute approximate surface area is 154 Å². The van der Waals surface area contributed by atoms with Crippen LogP contribution in [0, 0.1) is 0 Å². The molecule has 25 heavy (non-hydrogen) atoms. The topological polar surface area (TPSA) is 44.7 Å². The highest BCUT2D eigenvalue weighted by atomic mass is 35.5. The maximum absolute atomic E-state index is 10.7. The summed E-state index contributed by atoms with van der Waals surface area (Å²) in [6.45, 7) is 5.03. The summed E-state index contributed by atoms with van der Waals surface area (Å²) < 4.78 is 5.72. The number of para-hydroxylation sites is 1. The lowest BCUT2D eigenvalue weighted by molar-refractivity contribution is 0.0480. The Morgan fingerprint density at radius 2 is 1.92 bits per heavy atom. The van der Waals surface area contributed by atoms with E-state index in [0.29, 0.717) is 13.0 Å². The van der Waals surface area contributed by atoms with E-state index < -0.39 is 6.10 Å². The number of anilines is 1. The average Bonchev–Trinajstić information content (AvgIpc) is 2.63. The van der Waals surface area contributed by atoms with Gasteiger partial charge in [-0.2, -0.15) is 0 Å². The molecule has 0 amide bonds. The largest absolute Gasteiger partial charge is 0.493 e. The van der Waals surface area contributed by atoms with Gasteiger partial charge >= 0.3 is 0 Å². The number of aliphatic hydroxyl groups excluding tert-OH is 1. The summed E-state index contributed by atoms with van der Waals surface area (Å²) in [6.07, 6.45) is 0.0821. The predicted molar refractivity (Wildman–Crippen MR) is 103 cm³/mol. The number of aliphatic hydroxyl groups is 1. The van der Waals surface area contributed by atoms with Crippen LogP contribution in [0.2, 0.25) is 5.02 Å². The lowest BCUT2D eigenvalue weighted by atomic mass is 9.89. The highest BCUT2D eigenvalue weighted by Crippen LogP contribution is 2.25. The Balaban J connectivity index is 1.56. The van der Waals surface area contributed by atoms with Crippen molar-refractivity contribution in [1.29, 1.82) is 0 Å². The van der Waals surface area contributed by atoms with E-state index in [4.69, 9.17) is 16.3 Å². The molecule has 2 N–H and O–H groups in total. The van der Waals surface area contributed by atoms with Gasteiger partial charge in [-0.1, -0.05) is 29.8 Å². The van der Waals surface area contributed by atoms with Crippen LogP contribution >= 0.6 is 11.6 Å². The summed E-state index contributed by atoms with van der Waals surface area (Å²) in [4.78, 5) is 2.29. The molecule has 4 nitrogen and oxygen atoms in total. The Morgan fingerprint density at radius 3 is 2.64 bits per heavy atom. The number of ether oxygens (including phenoxy) is 1. The first-order valence-corrected chi connectivity index (χ1v) is 9.06. The van der Waals surface area contributed by atoms with Gasteiger partial charge in [-0.3, -0.25) is 0 Å². The van der Waals surface area contributed by atoms with E-state index in [1.807, 2.05) is 54.6 Å². The minimum Gasteiger partial charge on any atom is -0.493 e. The fourth-order valence-electron chi connectivity index (χ4n) is 3.23. The summed E-state index contributed by atoms with van der Waals surface area (Å²) in [6, 6.07) is 17.6. The second-order valence-corrected chi connectivity index (χ2v) is 7.14. The van der Waals surface area contributed by atoms with E-state index in [1.54, 1.807) is 0 Å². The molecule has 1 fully saturated rings. The molecular formula is C20H25ClN2O2. The van der Waals surface area contributed by atoms with Crippen molar-refractivity contribution in [3.05, 3.63) is 59.6 Å². The summed E-state index contributed by atoms with van der Waals surface area (Å²) in [5.74, 6) is 0.833. The molecule has 0 aromatic heterocycles. The number of piperazine rings is 1. The van der Waals surface area contributed by atoms with Gasteiger partial charge in [0.2, 0.25) is 0 Å². The number of hydrogen-bond acceptors (Lipinski definition) is 4. The van der Waals surface area contributed by atoms with Gasteiger partial charge in [0.25, 0.3) is 0 Å². The van der Waals surface area contributed by atoms with E-state index in [0.717, 1.165) is 36.1 Å². The van der Waals surface area contributed by atoms with Crippen LogP contribution in [0.4, 0.5) is 5.69 Å². The van der Waals surface area contributed by atoms with E-state index in [1.165, 1.54) is 0 Å². The summed E-state index contributed by atoms with van der Waals surface area (Å²) in [5.41, 5.74) is 0.752. The van der Waals surface area contributed by atoms with Crippen molar-refractivity contribution in [2.24, 2.45) is 0 Å². The molecule has 2 atom stereocenters. The van der Waals surface area contributed by atoms with Gasteiger partial charge < -0.3 is 20.1 Å². The summed E-state index contributed by atoms with van der Waals surface area (Å²) in [7, 11) is 0. The van der Waals surface area contributed by atoms with E-state index in [-0.39, 0.29) is 5.54 Å². The molecule has 134 valence electrons. The Kier molecular flexibility index (Phi) is 5.84. The Bertz CT molecular complexity index is 665. The van der Waals surface area contributed by atoms with Crippen LogP contribution in [0.15, 0.2) is 54.6 Å². The van der Waals surface area contributed by atoms with E-state index in [9.17, 15) is 5.11 Å². The first kappa shape index (κ1) is 18.1. The molecule has 1 aliphatic rings. The molecule has 1 heterocycles. The predicted octanol–water partition coefficient (Wildman–Crippen LogP) is 3.34. The number of rotatable bonds is 6. The molecule has 0 bridgehead atoms. The lowest BCUT2D eigenvalue weighted by Crippen LogP contribution is -2.64. The third-order valence-corrected chi connectivity index (χ3v) is 5.01. The zero-order valence-electron chi connectivity index (χ0n) is 14.5. The number of nitrogens with zero attached hydrogens (tertiary/aromatic N) is 1. The lowest BCUT2D eigenvalue weighted by Gasteiger charge is -2.45. The molecule has 0 spiro atoms. The summed E-state index contributed by atoms with van der Waals surface area (Å²) >= 11 is 5.98. The van der Waals surface area contributed by atoms with Crippen LogP contribution in [-0.4, -0.2) is 43.0 Å². The fourth-order valence-corrected chi connectivity index (χ4v) is 3.35. The van der Waals surface area contributed by atoms with Crippen LogP contribution < -0.4 is 15.0 Å². The minimum atomic E-state index is -0.494. The van der Waals surface area contributed by atoms with Crippen molar-refractivity contribution in [3.63, 3.8) is 0 Å². The van der Waals surface area contributed by atoms with Crippen molar-refractivity contribution < 1.29 is 9.84 Å². The first-order valence-electron chi connectivity index (χ1n) is 8.68. The second-order valence-electron chi connectivity index (χ2n) is 6.71. The molecule has 2 aromatic rings. The molecule has 0 radical (unpaired) electrons. The maximum atomic E-state index is 10.7. The Hall–Kier alpha value is -1.75. The normalized spacial score (nSPS) is 21.8. The molecule has 1 unspecified atom stereocenters. The van der Waals surface area contributed by atoms with Crippen molar-refractivity contribution in [2.45, 2.75) is 25.0 Å². The van der Waals surface area contributed by atoms with Crippen molar-refractivity contribution in [2.75, 3.05) is 31.1 Å². The minimum absolute atomic E-state index is 0.377. The molecule has 5 heteroatoms.